The molecule has 2 heterocycles. The molecule has 3 rings (SSSR count). The summed E-state index contributed by atoms with van der Waals surface area (Å²) < 4.78 is 0. The topological polar surface area (TPSA) is 62.5 Å². The van der Waals surface area contributed by atoms with Gasteiger partial charge in [0.25, 0.3) is 5.91 Å². The van der Waals surface area contributed by atoms with Crippen LogP contribution in [0.1, 0.15) is 28.3 Å². The number of nitrogens with two attached hydrogens (primary N) is 1. The SMILES string of the molecule is CN(C(=O)c1csc(CCN)n1)C1CCCN(c2ccccc2)C1.Cl.Cl. The molecule has 5 nitrogen and oxygen atoms in total. The second-order valence-electron chi connectivity index (χ2n) is 6.16. The first-order valence-electron chi connectivity index (χ1n) is 8.40. The number of piperidine rings is 1. The quantitative estimate of drug-likeness (QED) is 0.812. The van der Waals surface area contributed by atoms with Crippen LogP contribution in [-0.4, -0.2) is 48.5 Å². The van der Waals surface area contributed by atoms with Gasteiger partial charge in [-0.2, -0.15) is 0 Å². The highest BCUT2D eigenvalue weighted by atomic mass is 35.5. The van der Waals surface area contributed by atoms with E-state index in [9.17, 15) is 4.79 Å². The van der Waals surface area contributed by atoms with Crippen molar-refractivity contribution in [1.82, 2.24) is 9.88 Å². The number of para-hydroxylation sites is 1. The maximum atomic E-state index is 12.7. The number of rotatable bonds is 5. The summed E-state index contributed by atoms with van der Waals surface area (Å²) in [6.45, 7) is 2.47. The molecule has 144 valence electrons. The second kappa shape index (κ2) is 10.7. The van der Waals surface area contributed by atoms with Crippen molar-refractivity contribution in [2.75, 3.05) is 31.6 Å². The number of amides is 1. The first-order valence-corrected chi connectivity index (χ1v) is 9.28. The molecule has 1 aliphatic heterocycles. The van der Waals surface area contributed by atoms with Crippen molar-refractivity contribution in [1.29, 1.82) is 0 Å². The van der Waals surface area contributed by atoms with E-state index in [0.717, 1.165) is 37.4 Å². The van der Waals surface area contributed by atoms with Crippen molar-refractivity contribution in [2.24, 2.45) is 5.73 Å². The van der Waals surface area contributed by atoms with Crippen LogP contribution >= 0.6 is 36.2 Å². The van der Waals surface area contributed by atoms with E-state index in [-0.39, 0.29) is 36.8 Å². The predicted molar refractivity (Wildman–Crippen MR) is 113 cm³/mol. The van der Waals surface area contributed by atoms with Gasteiger partial charge in [0.15, 0.2) is 0 Å². The smallest absolute Gasteiger partial charge is 0.273 e. The van der Waals surface area contributed by atoms with Crippen LogP contribution < -0.4 is 10.6 Å². The first-order chi connectivity index (χ1) is 11.7. The van der Waals surface area contributed by atoms with Crippen LogP contribution in [-0.2, 0) is 6.42 Å². The zero-order chi connectivity index (χ0) is 16.9. The molecule has 8 heteroatoms. The molecule has 2 aromatic rings. The fraction of sp³-hybridized carbons (Fsp3) is 0.444. The number of likely N-dealkylation sites (N-methyl/N-ethyl adjacent to an activating group) is 1. The van der Waals surface area contributed by atoms with Gasteiger partial charge in [-0.15, -0.1) is 36.2 Å². The highest BCUT2D eigenvalue weighted by molar-refractivity contribution is 7.09. The normalized spacial score (nSPS) is 16.4. The number of hydrogen-bond donors (Lipinski definition) is 1. The van der Waals surface area contributed by atoms with Gasteiger partial charge in [-0.3, -0.25) is 4.79 Å². The summed E-state index contributed by atoms with van der Waals surface area (Å²) in [7, 11) is 1.89. The molecule has 1 amide bonds. The van der Waals surface area contributed by atoms with Gasteiger partial charge in [0.1, 0.15) is 5.69 Å². The standard InChI is InChI=1S/C18H24N4OS.2ClH/c1-21(18(23)16-13-24-17(20-16)9-10-19)15-8-5-11-22(12-15)14-6-3-2-4-7-14;;/h2-4,6-7,13,15H,5,8-12,19H2,1H3;2*1H. The minimum atomic E-state index is 0. The molecule has 0 radical (unpaired) electrons. The van der Waals surface area contributed by atoms with Crippen LogP contribution in [0.25, 0.3) is 0 Å². The molecule has 26 heavy (non-hydrogen) atoms. The van der Waals surface area contributed by atoms with Gasteiger partial charge in [-0.25, -0.2) is 4.98 Å². The molecule has 1 fully saturated rings. The Morgan fingerprint density at radius 2 is 2.08 bits per heavy atom. The number of halogens is 2. The highest BCUT2D eigenvalue weighted by Gasteiger charge is 2.27. The van der Waals surface area contributed by atoms with Crippen molar-refractivity contribution >= 4 is 47.7 Å². The Bertz CT molecular complexity index is 683. The summed E-state index contributed by atoms with van der Waals surface area (Å²) in [4.78, 5) is 21.4. The Balaban J connectivity index is 0.00000169. The zero-order valence-corrected chi connectivity index (χ0v) is 17.3. The zero-order valence-electron chi connectivity index (χ0n) is 14.8. The number of nitrogens with zero attached hydrogens (tertiary/aromatic N) is 3. The molecular weight excluding hydrogens is 391 g/mol. The van der Waals surface area contributed by atoms with E-state index in [0.29, 0.717) is 12.2 Å². The fourth-order valence-electron chi connectivity index (χ4n) is 3.14. The average Bonchev–Trinajstić information content (AvgIpc) is 3.10. The van der Waals surface area contributed by atoms with Gasteiger partial charge in [0.05, 0.1) is 5.01 Å². The van der Waals surface area contributed by atoms with Crippen molar-refractivity contribution < 1.29 is 4.79 Å². The van der Waals surface area contributed by atoms with Gasteiger partial charge in [-0.1, -0.05) is 18.2 Å². The summed E-state index contributed by atoms with van der Waals surface area (Å²) in [6.07, 6.45) is 2.85. The molecule has 1 saturated heterocycles. The third-order valence-electron chi connectivity index (χ3n) is 4.51. The Hall–Kier alpha value is -1.34. The number of benzene rings is 1. The molecular formula is C18H26Cl2N4OS. The number of carbonyl (C=O) groups excluding carboxylic acids is 1. The van der Waals surface area contributed by atoms with Gasteiger partial charge < -0.3 is 15.5 Å². The second-order valence-corrected chi connectivity index (χ2v) is 7.10. The lowest BCUT2D eigenvalue weighted by molar-refractivity contribution is 0.0712. The van der Waals surface area contributed by atoms with Crippen LogP contribution in [0.2, 0.25) is 0 Å². The molecule has 0 saturated carbocycles. The molecule has 0 spiro atoms. The van der Waals surface area contributed by atoms with Crippen molar-refractivity contribution in [3.63, 3.8) is 0 Å². The predicted octanol–water partition coefficient (Wildman–Crippen LogP) is 3.23. The lowest BCUT2D eigenvalue weighted by Gasteiger charge is -2.38. The molecule has 2 N–H and O–H groups in total. The summed E-state index contributed by atoms with van der Waals surface area (Å²) in [6, 6.07) is 10.6. The van der Waals surface area contributed by atoms with Crippen molar-refractivity contribution in [2.45, 2.75) is 25.3 Å². The van der Waals surface area contributed by atoms with Crippen molar-refractivity contribution in [3.05, 3.63) is 46.4 Å². The minimum Gasteiger partial charge on any atom is -0.369 e. The van der Waals surface area contributed by atoms with E-state index >= 15 is 0 Å². The van der Waals surface area contributed by atoms with E-state index in [1.165, 1.54) is 17.0 Å². The number of anilines is 1. The summed E-state index contributed by atoms with van der Waals surface area (Å²) in [5, 5.41) is 2.78. The van der Waals surface area contributed by atoms with Crippen LogP contribution in [0.15, 0.2) is 35.7 Å². The molecule has 1 unspecified atom stereocenters. The van der Waals surface area contributed by atoms with E-state index in [4.69, 9.17) is 5.73 Å². The van der Waals surface area contributed by atoms with Gasteiger partial charge in [-0.05, 0) is 31.5 Å². The highest BCUT2D eigenvalue weighted by Crippen LogP contribution is 2.23. The maximum Gasteiger partial charge on any atom is 0.273 e. The molecule has 1 aromatic heterocycles. The maximum absolute atomic E-state index is 12.7. The van der Waals surface area contributed by atoms with E-state index in [1.54, 1.807) is 0 Å². The number of thiazole rings is 1. The Kier molecular flexibility index (Phi) is 9.36. The van der Waals surface area contributed by atoms with Crippen LogP contribution in [0.5, 0.6) is 0 Å². The third kappa shape index (κ3) is 5.33. The first kappa shape index (κ1) is 22.7. The molecule has 1 atom stereocenters. The fourth-order valence-corrected chi connectivity index (χ4v) is 3.93. The summed E-state index contributed by atoms with van der Waals surface area (Å²) >= 11 is 1.51. The third-order valence-corrected chi connectivity index (χ3v) is 5.42. The van der Waals surface area contributed by atoms with Gasteiger partial charge in [0, 0.05) is 43.7 Å². The van der Waals surface area contributed by atoms with E-state index in [1.807, 2.05) is 23.4 Å². The molecule has 1 aromatic carbocycles. The number of hydrogen-bond acceptors (Lipinski definition) is 5. The minimum absolute atomic E-state index is 0. The van der Waals surface area contributed by atoms with Crippen LogP contribution in [0.3, 0.4) is 0 Å². The Labute approximate surface area is 171 Å². The number of aromatic nitrogens is 1. The largest absolute Gasteiger partial charge is 0.369 e. The van der Waals surface area contributed by atoms with Gasteiger partial charge in [0.2, 0.25) is 0 Å². The molecule has 0 bridgehead atoms. The Morgan fingerprint density at radius 3 is 2.77 bits per heavy atom. The lowest BCUT2D eigenvalue weighted by atomic mass is 10.0. The lowest BCUT2D eigenvalue weighted by Crippen LogP contribution is -2.48. The Morgan fingerprint density at radius 1 is 1.35 bits per heavy atom. The van der Waals surface area contributed by atoms with Crippen molar-refractivity contribution in [3.8, 4) is 0 Å². The van der Waals surface area contributed by atoms with E-state index < -0.39 is 0 Å². The van der Waals surface area contributed by atoms with Crippen LogP contribution in [0.4, 0.5) is 5.69 Å². The summed E-state index contributed by atoms with van der Waals surface area (Å²) in [5.74, 6) is 0.00873. The molecule has 1 aliphatic rings. The van der Waals surface area contributed by atoms with Gasteiger partial charge >= 0.3 is 0 Å². The number of carbonyl (C=O) groups is 1. The summed E-state index contributed by atoms with van der Waals surface area (Å²) in [5.41, 5.74) is 7.33. The average molecular weight is 417 g/mol. The monoisotopic (exact) mass is 416 g/mol. The van der Waals surface area contributed by atoms with E-state index in [2.05, 4.69) is 34.1 Å². The molecule has 0 aliphatic carbocycles. The van der Waals surface area contributed by atoms with Crippen LogP contribution in [0, 0.1) is 0 Å².